The van der Waals surface area contributed by atoms with E-state index in [0.717, 1.165) is 31.8 Å². The van der Waals surface area contributed by atoms with E-state index in [9.17, 15) is 5.26 Å². The molecule has 0 spiro atoms. The van der Waals surface area contributed by atoms with Gasteiger partial charge in [-0.1, -0.05) is 33.1 Å². The Balaban J connectivity index is 2.21. The van der Waals surface area contributed by atoms with E-state index < -0.39 is 0 Å². The van der Waals surface area contributed by atoms with E-state index in [0.29, 0.717) is 13.2 Å². The molecule has 0 N–H and O–H groups in total. The van der Waals surface area contributed by atoms with E-state index in [-0.39, 0.29) is 12.0 Å². The average Bonchev–Trinajstić information content (AvgIpc) is 2.43. The van der Waals surface area contributed by atoms with Crippen LogP contribution in [0.4, 0.5) is 0 Å². The van der Waals surface area contributed by atoms with E-state index in [1.807, 2.05) is 0 Å². The molecule has 1 saturated carbocycles. The van der Waals surface area contributed by atoms with Crippen LogP contribution in [0.25, 0.3) is 0 Å². The van der Waals surface area contributed by atoms with E-state index in [2.05, 4.69) is 19.9 Å². The Morgan fingerprint density at radius 1 is 1.11 bits per heavy atom. The summed E-state index contributed by atoms with van der Waals surface area (Å²) in [5.41, 5.74) is 0. The van der Waals surface area contributed by atoms with Gasteiger partial charge in [-0.3, -0.25) is 0 Å². The molecule has 3 nitrogen and oxygen atoms in total. The summed E-state index contributed by atoms with van der Waals surface area (Å²) in [7, 11) is 0. The lowest BCUT2D eigenvalue weighted by atomic mass is 9.78. The van der Waals surface area contributed by atoms with Gasteiger partial charge < -0.3 is 9.47 Å². The van der Waals surface area contributed by atoms with Crippen molar-refractivity contribution in [3.8, 4) is 6.07 Å². The topological polar surface area (TPSA) is 42.2 Å². The van der Waals surface area contributed by atoms with Crippen LogP contribution in [-0.4, -0.2) is 25.9 Å². The summed E-state index contributed by atoms with van der Waals surface area (Å²) in [6, 6.07) is 2.41. The lowest BCUT2D eigenvalue weighted by Crippen LogP contribution is -2.32. The summed E-state index contributed by atoms with van der Waals surface area (Å²) in [5, 5.41) is 9.19. The summed E-state index contributed by atoms with van der Waals surface area (Å²) in [4.78, 5) is 0. The molecular weight excluding hydrogens is 238 g/mol. The molecule has 3 heteroatoms. The highest BCUT2D eigenvalue weighted by Gasteiger charge is 2.30. The van der Waals surface area contributed by atoms with Gasteiger partial charge in [0.05, 0.1) is 31.3 Å². The Morgan fingerprint density at radius 3 is 2.63 bits per heavy atom. The lowest BCUT2D eigenvalue weighted by Gasteiger charge is -2.32. The van der Waals surface area contributed by atoms with Crippen molar-refractivity contribution in [1.29, 1.82) is 5.26 Å². The Kier molecular flexibility index (Phi) is 8.86. The Hall–Kier alpha value is -0.590. The smallest absolute Gasteiger partial charge is 0.0737 e. The van der Waals surface area contributed by atoms with Crippen LogP contribution in [0.5, 0.6) is 0 Å². The monoisotopic (exact) mass is 267 g/mol. The number of nitriles is 1. The number of hydrogen-bond acceptors (Lipinski definition) is 3. The van der Waals surface area contributed by atoms with Crippen molar-refractivity contribution >= 4 is 0 Å². The van der Waals surface area contributed by atoms with Gasteiger partial charge >= 0.3 is 0 Å². The van der Waals surface area contributed by atoms with Gasteiger partial charge in [0.25, 0.3) is 0 Å². The zero-order chi connectivity index (χ0) is 13.9. The second kappa shape index (κ2) is 10.2. The second-order valence-electron chi connectivity index (χ2n) is 5.58. The molecule has 1 aliphatic rings. The maximum atomic E-state index is 9.19. The van der Waals surface area contributed by atoms with Gasteiger partial charge in [-0.2, -0.15) is 5.26 Å². The first-order valence-corrected chi connectivity index (χ1v) is 7.90. The van der Waals surface area contributed by atoms with Crippen molar-refractivity contribution in [1.82, 2.24) is 0 Å². The molecule has 0 aromatic rings. The van der Waals surface area contributed by atoms with Crippen LogP contribution in [0.3, 0.4) is 0 Å². The van der Waals surface area contributed by atoms with Crippen molar-refractivity contribution in [3.05, 3.63) is 0 Å². The van der Waals surface area contributed by atoms with Gasteiger partial charge in [0.2, 0.25) is 0 Å². The molecule has 110 valence electrons. The Bertz CT molecular complexity index is 262. The zero-order valence-electron chi connectivity index (χ0n) is 12.6. The van der Waals surface area contributed by atoms with Crippen LogP contribution in [0.15, 0.2) is 0 Å². The second-order valence-corrected chi connectivity index (χ2v) is 5.58. The highest BCUT2D eigenvalue weighted by Crippen LogP contribution is 2.33. The molecule has 19 heavy (non-hydrogen) atoms. The van der Waals surface area contributed by atoms with E-state index in [1.54, 1.807) is 0 Å². The van der Waals surface area contributed by atoms with Gasteiger partial charge in [-0.25, -0.2) is 0 Å². The number of rotatable bonds is 9. The first-order valence-electron chi connectivity index (χ1n) is 7.90. The first-order chi connectivity index (χ1) is 9.31. The minimum absolute atomic E-state index is 0.0868. The molecule has 0 saturated heterocycles. The number of unbranched alkanes of at least 4 members (excludes halogenated alkanes) is 1. The van der Waals surface area contributed by atoms with E-state index in [4.69, 9.17) is 9.47 Å². The molecule has 1 aliphatic carbocycles. The van der Waals surface area contributed by atoms with Crippen LogP contribution >= 0.6 is 0 Å². The summed E-state index contributed by atoms with van der Waals surface area (Å²) < 4.78 is 11.4. The van der Waals surface area contributed by atoms with Crippen molar-refractivity contribution in [2.75, 3.05) is 19.8 Å². The third kappa shape index (κ3) is 6.40. The number of hydrogen-bond donors (Lipinski definition) is 0. The molecule has 3 unspecified atom stereocenters. The predicted molar refractivity (Wildman–Crippen MR) is 76.8 cm³/mol. The maximum Gasteiger partial charge on any atom is 0.0737 e. The van der Waals surface area contributed by atoms with Gasteiger partial charge in [0.1, 0.15) is 0 Å². The van der Waals surface area contributed by atoms with Crippen LogP contribution in [-0.2, 0) is 9.47 Å². The van der Waals surface area contributed by atoms with Gasteiger partial charge in [0.15, 0.2) is 0 Å². The standard InChI is InChI=1S/C16H29NO2/c1-3-5-9-18-10-11-19-16-12-14(6-4-2)7-8-15(16)13-17/h14-16H,3-12H2,1-2H3. The minimum Gasteiger partial charge on any atom is -0.379 e. The molecule has 0 aromatic carbocycles. The highest BCUT2D eigenvalue weighted by molar-refractivity contribution is 4.93. The van der Waals surface area contributed by atoms with Crippen molar-refractivity contribution in [2.24, 2.45) is 11.8 Å². The fraction of sp³-hybridized carbons (Fsp3) is 0.938. The van der Waals surface area contributed by atoms with Crippen molar-refractivity contribution in [2.45, 2.75) is 64.9 Å². The normalized spacial score (nSPS) is 27.1. The van der Waals surface area contributed by atoms with Crippen molar-refractivity contribution < 1.29 is 9.47 Å². The molecule has 1 rings (SSSR count). The van der Waals surface area contributed by atoms with Gasteiger partial charge in [-0.05, 0) is 31.6 Å². The average molecular weight is 267 g/mol. The van der Waals surface area contributed by atoms with Crippen LogP contribution in [0, 0.1) is 23.2 Å². The zero-order valence-corrected chi connectivity index (χ0v) is 12.6. The maximum absolute atomic E-state index is 9.19. The molecular formula is C16H29NO2. The fourth-order valence-corrected chi connectivity index (χ4v) is 2.82. The third-order valence-corrected chi connectivity index (χ3v) is 3.96. The molecule has 0 aliphatic heterocycles. The largest absolute Gasteiger partial charge is 0.379 e. The number of nitrogens with zero attached hydrogens (tertiary/aromatic N) is 1. The third-order valence-electron chi connectivity index (χ3n) is 3.96. The van der Waals surface area contributed by atoms with E-state index in [1.165, 1.54) is 25.7 Å². The molecule has 0 heterocycles. The Morgan fingerprint density at radius 2 is 1.95 bits per heavy atom. The highest BCUT2D eigenvalue weighted by atomic mass is 16.5. The minimum atomic E-state index is 0.0868. The summed E-state index contributed by atoms with van der Waals surface area (Å²) in [6.07, 6.45) is 8.16. The summed E-state index contributed by atoms with van der Waals surface area (Å²) in [6.45, 7) is 6.50. The summed E-state index contributed by atoms with van der Waals surface area (Å²) >= 11 is 0. The summed E-state index contributed by atoms with van der Waals surface area (Å²) in [5.74, 6) is 0.837. The number of ether oxygens (including phenoxy) is 2. The molecule has 0 radical (unpaired) electrons. The van der Waals surface area contributed by atoms with Gasteiger partial charge in [-0.15, -0.1) is 0 Å². The molecule has 0 amide bonds. The fourth-order valence-electron chi connectivity index (χ4n) is 2.82. The van der Waals surface area contributed by atoms with Crippen molar-refractivity contribution in [3.63, 3.8) is 0 Å². The molecule has 0 aromatic heterocycles. The molecule has 3 atom stereocenters. The van der Waals surface area contributed by atoms with Crippen LogP contribution < -0.4 is 0 Å². The van der Waals surface area contributed by atoms with Crippen LogP contribution in [0.2, 0.25) is 0 Å². The predicted octanol–water partition coefficient (Wildman–Crippen LogP) is 3.93. The van der Waals surface area contributed by atoms with Gasteiger partial charge in [0, 0.05) is 6.61 Å². The quantitative estimate of drug-likeness (QED) is 0.594. The van der Waals surface area contributed by atoms with E-state index >= 15 is 0 Å². The Labute approximate surface area is 118 Å². The molecule has 1 fully saturated rings. The molecule has 0 bridgehead atoms. The SMILES string of the molecule is CCCCOCCOC1CC(CCC)CCC1C#N. The first kappa shape index (κ1) is 16.5. The van der Waals surface area contributed by atoms with Crippen LogP contribution in [0.1, 0.15) is 58.8 Å². The lowest BCUT2D eigenvalue weighted by molar-refractivity contribution is -0.0372.